The van der Waals surface area contributed by atoms with E-state index in [0.717, 1.165) is 11.1 Å². The Hall–Kier alpha value is -2.30. The molecule has 1 aromatic rings. The third kappa shape index (κ3) is 2.82. The molecule has 5 heteroatoms. The van der Waals surface area contributed by atoms with Gasteiger partial charge in [0.05, 0.1) is 20.6 Å². The van der Waals surface area contributed by atoms with Gasteiger partial charge in [0.2, 0.25) is 5.91 Å². The Balaban J connectivity index is 2.24. The lowest BCUT2D eigenvalue weighted by Crippen LogP contribution is -2.19. The van der Waals surface area contributed by atoms with Crippen LogP contribution in [-0.2, 0) is 16.0 Å². The molecule has 1 fully saturated rings. The van der Waals surface area contributed by atoms with Gasteiger partial charge < -0.3 is 9.47 Å². The van der Waals surface area contributed by atoms with Crippen LogP contribution < -0.4 is 14.8 Å². The van der Waals surface area contributed by atoms with Gasteiger partial charge in [-0.1, -0.05) is 11.6 Å². The van der Waals surface area contributed by atoms with Crippen LogP contribution >= 0.6 is 0 Å². The predicted molar refractivity (Wildman–Crippen MR) is 73.7 cm³/mol. The van der Waals surface area contributed by atoms with E-state index in [-0.39, 0.29) is 18.2 Å². The second kappa shape index (κ2) is 5.77. The quantitative estimate of drug-likeness (QED) is 0.669. The number of methoxy groups -OCH3 is 2. The van der Waals surface area contributed by atoms with Crippen LogP contribution in [0.15, 0.2) is 29.3 Å². The summed E-state index contributed by atoms with van der Waals surface area (Å²) in [7, 11) is 3.16. The van der Waals surface area contributed by atoms with Gasteiger partial charge in [-0.25, -0.2) is 0 Å². The summed E-state index contributed by atoms with van der Waals surface area (Å²) in [5.74, 6) is 0.787. The van der Waals surface area contributed by atoms with E-state index in [1.807, 2.05) is 25.1 Å². The molecule has 0 unspecified atom stereocenters. The summed E-state index contributed by atoms with van der Waals surface area (Å²) in [5, 5.41) is 2.29. The number of carbonyl (C=O) groups excluding carboxylic acids is 2. The number of hydrogen-bond acceptors (Lipinski definition) is 4. The summed E-state index contributed by atoms with van der Waals surface area (Å²) >= 11 is 0. The van der Waals surface area contributed by atoms with Crippen molar-refractivity contribution in [1.29, 1.82) is 0 Å². The molecule has 0 spiro atoms. The molecule has 0 atom stereocenters. The van der Waals surface area contributed by atoms with Gasteiger partial charge >= 0.3 is 0 Å². The van der Waals surface area contributed by atoms with E-state index in [1.165, 1.54) is 0 Å². The molecule has 2 amide bonds. The molecule has 5 nitrogen and oxygen atoms in total. The van der Waals surface area contributed by atoms with Gasteiger partial charge in [-0.05, 0) is 31.0 Å². The van der Waals surface area contributed by atoms with Crippen molar-refractivity contribution in [2.75, 3.05) is 14.2 Å². The molecule has 2 rings (SSSR count). The molecule has 106 valence electrons. The average molecular weight is 275 g/mol. The fourth-order valence-electron chi connectivity index (χ4n) is 2.24. The first-order valence-corrected chi connectivity index (χ1v) is 6.29. The van der Waals surface area contributed by atoms with Gasteiger partial charge in [0.25, 0.3) is 5.91 Å². The number of benzene rings is 1. The van der Waals surface area contributed by atoms with Crippen molar-refractivity contribution < 1.29 is 19.1 Å². The summed E-state index contributed by atoms with van der Waals surface area (Å²) < 4.78 is 10.4. The van der Waals surface area contributed by atoms with Crippen LogP contribution in [0.4, 0.5) is 0 Å². The van der Waals surface area contributed by atoms with Gasteiger partial charge in [-0.15, -0.1) is 0 Å². The van der Waals surface area contributed by atoms with Gasteiger partial charge in [-0.2, -0.15) is 0 Å². The standard InChI is InChI=1S/C15H17NO4/c1-9(11-8-14(17)16-15(11)18)6-10-4-5-12(19-2)13(7-10)20-3/h4-5,7H,6,8H2,1-3H3,(H,16,17,18). The molecule has 1 aromatic carbocycles. The Labute approximate surface area is 117 Å². The minimum absolute atomic E-state index is 0.165. The Bertz CT molecular complexity index is 590. The average Bonchev–Trinajstić information content (AvgIpc) is 2.77. The van der Waals surface area contributed by atoms with Gasteiger partial charge in [0.1, 0.15) is 0 Å². The van der Waals surface area contributed by atoms with E-state index >= 15 is 0 Å². The summed E-state index contributed by atoms with van der Waals surface area (Å²) in [5.41, 5.74) is 2.45. The van der Waals surface area contributed by atoms with Crippen LogP contribution in [0.2, 0.25) is 0 Å². The molecule has 0 bridgehead atoms. The van der Waals surface area contributed by atoms with Crippen LogP contribution in [0.3, 0.4) is 0 Å². The number of ether oxygens (including phenoxy) is 2. The number of imide groups is 1. The molecule has 1 aliphatic heterocycles. The highest BCUT2D eigenvalue weighted by atomic mass is 16.5. The van der Waals surface area contributed by atoms with E-state index in [4.69, 9.17) is 9.47 Å². The first-order valence-electron chi connectivity index (χ1n) is 6.29. The fourth-order valence-corrected chi connectivity index (χ4v) is 2.24. The van der Waals surface area contributed by atoms with Crippen molar-refractivity contribution in [2.45, 2.75) is 19.8 Å². The monoisotopic (exact) mass is 275 g/mol. The Morgan fingerprint density at radius 1 is 1.20 bits per heavy atom. The zero-order valence-electron chi connectivity index (χ0n) is 11.8. The highest BCUT2D eigenvalue weighted by Gasteiger charge is 2.25. The third-order valence-electron chi connectivity index (χ3n) is 3.30. The predicted octanol–water partition coefficient (Wildman–Crippen LogP) is 1.61. The maximum Gasteiger partial charge on any atom is 0.254 e. The van der Waals surface area contributed by atoms with Crippen LogP contribution in [0.25, 0.3) is 0 Å². The van der Waals surface area contributed by atoms with Crippen molar-refractivity contribution in [3.63, 3.8) is 0 Å². The first kappa shape index (κ1) is 14.1. The van der Waals surface area contributed by atoms with Crippen molar-refractivity contribution in [2.24, 2.45) is 0 Å². The molecular formula is C15H17NO4. The van der Waals surface area contributed by atoms with Gasteiger partial charge in [0.15, 0.2) is 11.5 Å². The van der Waals surface area contributed by atoms with Crippen LogP contribution in [0, 0.1) is 0 Å². The van der Waals surface area contributed by atoms with E-state index < -0.39 is 0 Å². The molecule has 0 aromatic heterocycles. The molecule has 0 radical (unpaired) electrons. The summed E-state index contributed by atoms with van der Waals surface area (Å²) in [6, 6.07) is 5.61. The van der Waals surface area contributed by atoms with Crippen molar-refractivity contribution >= 4 is 11.8 Å². The zero-order valence-corrected chi connectivity index (χ0v) is 11.8. The number of allylic oxidation sites excluding steroid dienone is 1. The minimum Gasteiger partial charge on any atom is -0.493 e. The number of hydrogen-bond donors (Lipinski definition) is 1. The van der Waals surface area contributed by atoms with E-state index in [0.29, 0.717) is 23.5 Å². The summed E-state index contributed by atoms with van der Waals surface area (Å²) in [6.45, 7) is 1.87. The Kier molecular flexibility index (Phi) is 4.08. The lowest BCUT2D eigenvalue weighted by Gasteiger charge is -2.10. The Morgan fingerprint density at radius 2 is 1.90 bits per heavy atom. The SMILES string of the molecule is COc1ccc(CC(C)=C2CC(=O)NC2=O)cc1OC. The summed E-state index contributed by atoms with van der Waals surface area (Å²) in [6.07, 6.45) is 0.758. The smallest absolute Gasteiger partial charge is 0.254 e. The highest BCUT2D eigenvalue weighted by Crippen LogP contribution is 2.29. The number of rotatable bonds is 4. The van der Waals surface area contributed by atoms with Crippen molar-refractivity contribution in [3.8, 4) is 11.5 Å². The minimum atomic E-state index is -0.284. The van der Waals surface area contributed by atoms with Crippen LogP contribution in [0.1, 0.15) is 18.9 Å². The van der Waals surface area contributed by atoms with Crippen molar-refractivity contribution in [1.82, 2.24) is 5.32 Å². The first-order chi connectivity index (χ1) is 9.55. The summed E-state index contributed by atoms with van der Waals surface area (Å²) in [4.78, 5) is 22.8. The molecule has 1 aliphatic rings. The largest absolute Gasteiger partial charge is 0.493 e. The molecule has 1 saturated heterocycles. The molecule has 0 saturated carbocycles. The Morgan fingerprint density at radius 3 is 2.45 bits per heavy atom. The second-order valence-electron chi connectivity index (χ2n) is 4.68. The zero-order chi connectivity index (χ0) is 14.7. The van der Waals surface area contributed by atoms with Gasteiger partial charge in [-0.3, -0.25) is 14.9 Å². The van der Waals surface area contributed by atoms with E-state index in [1.54, 1.807) is 14.2 Å². The number of amides is 2. The maximum atomic E-state index is 11.6. The fraction of sp³-hybridized carbons (Fsp3) is 0.333. The lowest BCUT2D eigenvalue weighted by molar-refractivity contribution is -0.124. The van der Waals surface area contributed by atoms with E-state index in [2.05, 4.69) is 5.32 Å². The van der Waals surface area contributed by atoms with E-state index in [9.17, 15) is 9.59 Å². The molecule has 0 aliphatic carbocycles. The maximum absolute atomic E-state index is 11.6. The highest BCUT2D eigenvalue weighted by molar-refractivity contribution is 6.13. The molecule has 1 heterocycles. The molecule has 1 N–H and O–H groups in total. The topological polar surface area (TPSA) is 64.6 Å². The normalized spacial score (nSPS) is 16.9. The molecule has 20 heavy (non-hydrogen) atoms. The van der Waals surface area contributed by atoms with Crippen LogP contribution in [-0.4, -0.2) is 26.0 Å². The lowest BCUT2D eigenvalue weighted by atomic mass is 10.00. The van der Waals surface area contributed by atoms with Gasteiger partial charge in [0, 0.05) is 5.57 Å². The molecular weight excluding hydrogens is 258 g/mol. The second-order valence-corrected chi connectivity index (χ2v) is 4.68. The number of carbonyl (C=O) groups is 2. The number of nitrogens with one attached hydrogen (secondary N) is 1. The van der Waals surface area contributed by atoms with Crippen LogP contribution in [0.5, 0.6) is 11.5 Å². The third-order valence-corrected chi connectivity index (χ3v) is 3.30. The van der Waals surface area contributed by atoms with Crippen molar-refractivity contribution in [3.05, 3.63) is 34.9 Å².